The van der Waals surface area contributed by atoms with E-state index in [-0.39, 0.29) is 11.6 Å². The van der Waals surface area contributed by atoms with Gasteiger partial charge < -0.3 is 0 Å². The van der Waals surface area contributed by atoms with Gasteiger partial charge in [0.15, 0.2) is 10.3 Å². The highest BCUT2D eigenvalue weighted by atomic mass is 32.2. The van der Waals surface area contributed by atoms with Crippen LogP contribution in [0.1, 0.15) is 30.7 Å². The number of aromatic nitrogens is 4. The molecule has 0 spiro atoms. The van der Waals surface area contributed by atoms with E-state index in [9.17, 15) is 9.59 Å². The number of rotatable bonds is 9. The molecular weight excluding hydrogens is 454 g/mol. The summed E-state index contributed by atoms with van der Waals surface area (Å²) in [5.74, 6) is 0.460. The third kappa shape index (κ3) is 5.61. The lowest BCUT2D eigenvalue weighted by molar-refractivity contribution is -0.115. The van der Waals surface area contributed by atoms with Gasteiger partial charge in [0.25, 0.3) is 0 Å². The van der Waals surface area contributed by atoms with Crippen molar-refractivity contribution in [1.29, 1.82) is 0 Å². The highest BCUT2D eigenvalue weighted by Gasteiger charge is 2.18. The fourth-order valence-corrected chi connectivity index (χ4v) is 5.27. The number of carbonyl (C=O) groups excluding carboxylic acids is 1. The SMILES string of the molecule is CCc1ccc(N(C(C)=O)c2nc(CSc3n[nH]c(=O)n3CCc3ccccc3)cs2)cc1. The number of aryl methyl sites for hydroxylation is 2. The van der Waals surface area contributed by atoms with Crippen LogP contribution in [0.2, 0.25) is 0 Å². The first-order valence-corrected chi connectivity index (χ1v) is 12.6. The second-order valence-electron chi connectivity index (χ2n) is 7.48. The number of H-pyrrole nitrogens is 1. The third-order valence-electron chi connectivity index (χ3n) is 5.19. The number of benzene rings is 2. The van der Waals surface area contributed by atoms with E-state index < -0.39 is 0 Å². The van der Waals surface area contributed by atoms with Gasteiger partial charge in [-0.25, -0.2) is 14.9 Å². The molecule has 0 aliphatic heterocycles. The van der Waals surface area contributed by atoms with Gasteiger partial charge in [-0.1, -0.05) is 61.2 Å². The smallest absolute Gasteiger partial charge is 0.274 e. The molecule has 2 heterocycles. The Bertz CT molecular complexity index is 1260. The van der Waals surface area contributed by atoms with Gasteiger partial charge in [0.1, 0.15) is 0 Å². The van der Waals surface area contributed by atoms with Gasteiger partial charge >= 0.3 is 5.69 Å². The summed E-state index contributed by atoms with van der Waals surface area (Å²) in [6.07, 6.45) is 1.70. The van der Waals surface area contributed by atoms with E-state index >= 15 is 0 Å². The maximum absolute atomic E-state index is 12.4. The first-order chi connectivity index (χ1) is 16.0. The summed E-state index contributed by atoms with van der Waals surface area (Å²) in [7, 11) is 0. The molecule has 1 amide bonds. The average Bonchev–Trinajstić information content (AvgIpc) is 3.43. The molecular formula is C24H25N5O2S2. The van der Waals surface area contributed by atoms with Crippen LogP contribution < -0.4 is 10.6 Å². The van der Waals surface area contributed by atoms with Gasteiger partial charge in [0, 0.05) is 24.6 Å². The van der Waals surface area contributed by atoms with Crippen LogP contribution in [0.25, 0.3) is 0 Å². The predicted molar refractivity (Wildman–Crippen MR) is 133 cm³/mol. The fourth-order valence-electron chi connectivity index (χ4n) is 3.41. The van der Waals surface area contributed by atoms with Crippen LogP contribution in [0.5, 0.6) is 0 Å². The van der Waals surface area contributed by atoms with Crippen molar-refractivity contribution in [3.05, 3.63) is 87.3 Å². The van der Waals surface area contributed by atoms with Crippen LogP contribution in [0.4, 0.5) is 10.8 Å². The molecule has 4 rings (SSSR count). The molecule has 4 aromatic rings. The second kappa shape index (κ2) is 10.6. The number of hydrogen-bond acceptors (Lipinski definition) is 6. The first kappa shape index (κ1) is 23.0. The Kier molecular flexibility index (Phi) is 7.41. The highest BCUT2D eigenvalue weighted by molar-refractivity contribution is 7.98. The number of aromatic amines is 1. The van der Waals surface area contributed by atoms with Crippen LogP contribution in [0, 0.1) is 0 Å². The average molecular weight is 480 g/mol. The Hall–Kier alpha value is -3.17. The summed E-state index contributed by atoms with van der Waals surface area (Å²) < 4.78 is 1.65. The van der Waals surface area contributed by atoms with Crippen molar-refractivity contribution in [2.45, 2.75) is 44.1 Å². The topological polar surface area (TPSA) is 83.9 Å². The zero-order valence-electron chi connectivity index (χ0n) is 18.5. The lowest BCUT2D eigenvalue weighted by Gasteiger charge is -2.18. The van der Waals surface area contributed by atoms with E-state index in [1.165, 1.54) is 34.2 Å². The van der Waals surface area contributed by atoms with Crippen LogP contribution in [0.15, 0.2) is 69.9 Å². The van der Waals surface area contributed by atoms with Crippen molar-refractivity contribution in [3.8, 4) is 0 Å². The van der Waals surface area contributed by atoms with Crippen molar-refractivity contribution in [1.82, 2.24) is 19.7 Å². The molecule has 2 aromatic carbocycles. The molecule has 7 nitrogen and oxygen atoms in total. The molecule has 0 saturated carbocycles. The zero-order valence-corrected chi connectivity index (χ0v) is 20.2. The van der Waals surface area contributed by atoms with Crippen LogP contribution in [0.3, 0.4) is 0 Å². The Labute approximate surface area is 200 Å². The van der Waals surface area contributed by atoms with E-state index in [1.807, 2.05) is 60.0 Å². The molecule has 33 heavy (non-hydrogen) atoms. The number of nitrogens with one attached hydrogen (secondary N) is 1. The number of hydrogen-bond donors (Lipinski definition) is 1. The van der Waals surface area contributed by atoms with Gasteiger partial charge in [-0.15, -0.1) is 16.4 Å². The zero-order chi connectivity index (χ0) is 23.2. The molecule has 0 unspecified atom stereocenters. The molecule has 2 aromatic heterocycles. The number of thioether (sulfide) groups is 1. The minimum absolute atomic E-state index is 0.0881. The van der Waals surface area contributed by atoms with Crippen molar-refractivity contribution < 1.29 is 4.79 Å². The van der Waals surface area contributed by atoms with E-state index in [0.29, 0.717) is 22.6 Å². The van der Waals surface area contributed by atoms with Crippen molar-refractivity contribution >= 4 is 39.8 Å². The quantitative estimate of drug-likeness (QED) is 0.348. The molecule has 0 atom stereocenters. The molecule has 1 N–H and O–H groups in total. The van der Waals surface area contributed by atoms with E-state index in [1.54, 1.807) is 16.4 Å². The van der Waals surface area contributed by atoms with Crippen LogP contribution >= 0.6 is 23.1 Å². The normalized spacial score (nSPS) is 11.0. The Morgan fingerprint density at radius 1 is 1.12 bits per heavy atom. The number of nitrogens with zero attached hydrogens (tertiary/aromatic N) is 4. The highest BCUT2D eigenvalue weighted by Crippen LogP contribution is 2.31. The number of amides is 1. The number of anilines is 2. The summed E-state index contributed by atoms with van der Waals surface area (Å²) in [6.45, 7) is 4.19. The minimum atomic E-state index is -0.217. The largest absolute Gasteiger partial charge is 0.343 e. The molecule has 0 aliphatic carbocycles. The van der Waals surface area contributed by atoms with Gasteiger partial charge in [0.2, 0.25) is 5.91 Å². The fraction of sp³-hybridized carbons (Fsp3) is 0.250. The standard InChI is InChI=1S/C24H25N5O2S2/c1-3-18-9-11-21(12-10-18)29(17(2)30)23-25-20(15-32-23)16-33-24-27-26-22(31)28(24)14-13-19-7-5-4-6-8-19/h4-12,15H,3,13-14,16H2,1-2H3,(H,26,31). The van der Waals surface area contributed by atoms with Crippen LogP contribution in [-0.2, 0) is 29.9 Å². The van der Waals surface area contributed by atoms with Crippen molar-refractivity contribution in [2.75, 3.05) is 4.90 Å². The first-order valence-electron chi connectivity index (χ1n) is 10.7. The third-order valence-corrected chi connectivity index (χ3v) is 7.07. The summed E-state index contributed by atoms with van der Waals surface area (Å²) >= 11 is 2.88. The summed E-state index contributed by atoms with van der Waals surface area (Å²) in [5.41, 5.74) is 3.81. The molecule has 170 valence electrons. The van der Waals surface area contributed by atoms with Crippen molar-refractivity contribution in [3.63, 3.8) is 0 Å². The Morgan fingerprint density at radius 2 is 1.88 bits per heavy atom. The van der Waals surface area contributed by atoms with E-state index in [2.05, 4.69) is 22.1 Å². The van der Waals surface area contributed by atoms with E-state index in [0.717, 1.165) is 24.2 Å². The number of carbonyl (C=O) groups is 1. The molecule has 0 bridgehead atoms. The molecule has 0 saturated heterocycles. The van der Waals surface area contributed by atoms with Crippen molar-refractivity contribution in [2.24, 2.45) is 0 Å². The molecule has 9 heteroatoms. The van der Waals surface area contributed by atoms with Gasteiger partial charge in [-0.2, -0.15) is 0 Å². The summed E-state index contributed by atoms with van der Waals surface area (Å²) in [4.78, 5) is 30.9. The summed E-state index contributed by atoms with van der Waals surface area (Å²) in [5, 5.41) is 9.92. The lowest BCUT2D eigenvalue weighted by Crippen LogP contribution is -2.22. The van der Waals surface area contributed by atoms with Gasteiger partial charge in [-0.3, -0.25) is 14.3 Å². The maximum Gasteiger partial charge on any atom is 0.343 e. The van der Waals surface area contributed by atoms with Gasteiger partial charge in [0.05, 0.1) is 11.4 Å². The molecule has 0 radical (unpaired) electrons. The second-order valence-corrected chi connectivity index (χ2v) is 9.26. The Balaban J connectivity index is 1.44. The number of thiazole rings is 1. The molecule has 0 fully saturated rings. The monoisotopic (exact) mass is 479 g/mol. The minimum Gasteiger partial charge on any atom is -0.274 e. The van der Waals surface area contributed by atoms with Gasteiger partial charge in [-0.05, 0) is 36.1 Å². The Morgan fingerprint density at radius 3 is 2.58 bits per heavy atom. The summed E-state index contributed by atoms with van der Waals surface area (Å²) in [6, 6.07) is 18.0. The maximum atomic E-state index is 12.4. The lowest BCUT2D eigenvalue weighted by atomic mass is 10.1. The predicted octanol–water partition coefficient (Wildman–Crippen LogP) is 4.81. The van der Waals surface area contributed by atoms with E-state index in [4.69, 9.17) is 0 Å². The molecule has 0 aliphatic rings. The van der Waals surface area contributed by atoms with Crippen LogP contribution in [-0.4, -0.2) is 25.7 Å².